The predicted molar refractivity (Wildman–Crippen MR) is 122 cm³/mol. The molecule has 1 saturated carbocycles. The van der Waals surface area contributed by atoms with E-state index < -0.39 is 27.9 Å². The molecular weight excluding hydrogens is 485 g/mol. The first-order chi connectivity index (χ1) is 16.5. The number of halogens is 3. The molecule has 1 N–H and O–H groups in total. The summed E-state index contributed by atoms with van der Waals surface area (Å²) in [6, 6.07) is 2.96. The van der Waals surface area contributed by atoms with Crippen LogP contribution in [0.5, 0.6) is 0 Å². The molecular formula is C21H21F3N8O2S. The molecule has 4 heterocycles. The number of imidazole rings is 1. The van der Waals surface area contributed by atoms with E-state index in [9.17, 15) is 21.6 Å². The minimum absolute atomic E-state index is 0.0797. The number of pyridine rings is 1. The maximum Gasteiger partial charge on any atom is 0.396 e. The summed E-state index contributed by atoms with van der Waals surface area (Å²) in [6.45, 7) is 3.57. The zero-order valence-electron chi connectivity index (χ0n) is 18.7. The first-order valence-electron chi connectivity index (χ1n) is 10.8. The number of nitrogens with zero attached hydrogens (tertiary/aromatic N) is 7. The topological polar surface area (TPSA) is 120 Å². The van der Waals surface area contributed by atoms with Gasteiger partial charge in [0.1, 0.15) is 29.4 Å². The highest BCUT2D eigenvalue weighted by Gasteiger charge is 2.37. The second-order valence-corrected chi connectivity index (χ2v) is 10.6. The van der Waals surface area contributed by atoms with Crippen LogP contribution in [-0.4, -0.2) is 53.5 Å². The van der Waals surface area contributed by atoms with Gasteiger partial charge in [0.15, 0.2) is 5.82 Å². The van der Waals surface area contributed by atoms with Crippen molar-refractivity contribution in [2.24, 2.45) is 0 Å². The number of anilines is 2. The maximum absolute atomic E-state index is 13.0. The van der Waals surface area contributed by atoms with Crippen LogP contribution in [0.1, 0.15) is 38.6 Å². The summed E-state index contributed by atoms with van der Waals surface area (Å²) in [4.78, 5) is 17.0. The molecule has 0 radical (unpaired) electrons. The van der Waals surface area contributed by atoms with Crippen molar-refractivity contribution in [3.05, 3.63) is 42.7 Å². The third-order valence-electron chi connectivity index (χ3n) is 5.46. The van der Waals surface area contributed by atoms with Crippen molar-refractivity contribution in [1.82, 2.24) is 33.7 Å². The highest BCUT2D eigenvalue weighted by atomic mass is 32.2. The molecule has 10 nitrogen and oxygen atoms in total. The predicted octanol–water partition coefficient (Wildman–Crippen LogP) is 3.85. The Hall–Kier alpha value is -3.55. The molecule has 4 aromatic rings. The maximum atomic E-state index is 13.0. The summed E-state index contributed by atoms with van der Waals surface area (Å²) in [5, 5.41) is 6.58. The minimum Gasteiger partial charge on any atom is -0.325 e. The first kappa shape index (κ1) is 23.2. The molecule has 0 unspecified atom stereocenters. The minimum atomic E-state index is -4.38. The van der Waals surface area contributed by atoms with Gasteiger partial charge < -0.3 is 9.88 Å². The van der Waals surface area contributed by atoms with Crippen LogP contribution in [0.25, 0.3) is 22.4 Å². The highest BCUT2D eigenvalue weighted by Crippen LogP contribution is 2.31. The molecule has 1 aliphatic rings. The van der Waals surface area contributed by atoms with Crippen molar-refractivity contribution >= 4 is 32.7 Å². The third kappa shape index (κ3) is 4.70. The Balaban J connectivity index is 1.43. The molecule has 0 amide bonds. The van der Waals surface area contributed by atoms with E-state index in [1.165, 1.54) is 29.4 Å². The summed E-state index contributed by atoms with van der Waals surface area (Å²) in [5.41, 5.74) is 1.30. The van der Waals surface area contributed by atoms with E-state index in [-0.39, 0.29) is 17.7 Å². The van der Waals surface area contributed by atoms with Crippen molar-refractivity contribution in [3.63, 3.8) is 0 Å². The molecule has 0 bridgehead atoms. The molecule has 0 saturated heterocycles. The van der Waals surface area contributed by atoms with Crippen LogP contribution >= 0.6 is 0 Å². The number of nitrogens with one attached hydrogen (secondary N) is 1. The fourth-order valence-electron chi connectivity index (χ4n) is 3.77. The Morgan fingerprint density at radius 1 is 1.14 bits per heavy atom. The first-order valence-corrected chi connectivity index (χ1v) is 12.3. The average molecular weight is 507 g/mol. The van der Waals surface area contributed by atoms with Gasteiger partial charge in [-0.1, -0.05) is 0 Å². The normalized spacial score (nSPS) is 14.7. The molecule has 4 aromatic heterocycles. The lowest BCUT2D eigenvalue weighted by atomic mass is 10.3. The van der Waals surface area contributed by atoms with Crippen LogP contribution in [0.4, 0.5) is 24.8 Å². The monoisotopic (exact) mass is 506 g/mol. The largest absolute Gasteiger partial charge is 0.396 e. The highest BCUT2D eigenvalue weighted by molar-refractivity contribution is 7.90. The summed E-state index contributed by atoms with van der Waals surface area (Å²) in [5.74, 6) is 0.900. The molecule has 184 valence electrons. The molecule has 0 aromatic carbocycles. The summed E-state index contributed by atoms with van der Waals surface area (Å²) in [6.07, 6.45) is 1.39. The van der Waals surface area contributed by atoms with Gasteiger partial charge in [-0.3, -0.25) is 0 Å². The number of aromatic nitrogens is 7. The Morgan fingerprint density at radius 3 is 2.60 bits per heavy atom. The number of hydrogen-bond donors (Lipinski definition) is 1. The molecule has 1 aliphatic carbocycles. The molecule has 35 heavy (non-hydrogen) atoms. The standard InChI is InChI=1S/C21H21F3N8O2S/c1-12(2)32-16-7-18(26-10-15(16)28-19(32)8-21(22,23)24)29-17-5-6-25-20(30-17)13-9-27-31(11-13)35(33,34)14-3-4-14/h5-7,9-12,14H,3-4,8H2,1-2H3,(H,25,26,29,30). The second-order valence-electron chi connectivity index (χ2n) is 8.58. The van der Waals surface area contributed by atoms with Gasteiger partial charge in [-0.05, 0) is 32.8 Å². The van der Waals surface area contributed by atoms with Gasteiger partial charge in [0, 0.05) is 18.3 Å². The lowest BCUT2D eigenvalue weighted by Crippen LogP contribution is -2.17. The number of alkyl halides is 3. The Morgan fingerprint density at radius 2 is 1.91 bits per heavy atom. The smallest absolute Gasteiger partial charge is 0.325 e. The van der Waals surface area contributed by atoms with Gasteiger partial charge in [0.05, 0.1) is 34.9 Å². The second kappa shape index (κ2) is 8.29. The van der Waals surface area contributed by atoms with Gasteiger partial charge in [-0.25, -0.2) is 28.4 Å². The summed E-state index contributed by atoms with van der Waals surface area (Å²) >= 11 is 0. The summed E-state index contributed by atoms with van der Waals surface area (Å²) in [7, 11) is -3.51. The van der Waals surface area contributed by atoms with E-state index in [0.717, 1.165) is 4.09 Å². The quantitative estimate of drug-likeness (QED) is 0.401. The van der Waals surface area contributed by atoms with Gasteiger partial charge in [0.25, 0.3) is 10.0 Å². The van der Waals surface area contributed by atoms with Crippen LogP contribution in [0.3, 0.4) is 0 Å². The number of rotatable bonds is 7. The van der Waals surface area contributed by atoms with Crippen LogP contribution in [0, 0.1) is 0 Å². The molecule has 14 heteroatoms. The number of fused-ring (bicyclic) bond motifs is 1. The molecule has 5 rings (SSSR count). The fraction of sp³-hybridized carbons (Fsp3) is 0.381. The molecule has 0 atom stereocenters. The Bertz CT molecular complexity index is 1510. The van der Waals surface area contributed by atoms with Gasteiger partial charge in [-0.2, -0.15) is 22.4 Å². The zero-order valence-corrected chi connectivity index (χ0v) is 19.5. The van der Waals surface area contributed by atoms with Gasteiger partial charge in [-0.15, -0.1) is 0 Å². The van der Waals surface area contributed by atoms with Crippen LogP contribution < -0.4 is 5.32 Å². The van der Waals surface area contributed by atoms with Crippen molar-refractivity contribution in [3.8, 4) is 11.4 Å². The Labute approximate surface area is 198 Å². The molecule has 0 aliphatic heterocycles. The van der Waals surface area contributed by atoms with Crippen molar-refractivity contribution in [1.29, 1.82) is 0 Å². The van der Waals surface area contributed by atoms with E-state index in [1.807, 2.05) is 0 Å². The fourth-order valence-corrected chi connectivity index (χ4v) is 5.25. The Kier molecular flexibility index (Phi) is 5.49. The van der Waals surface area contributed by atoms with E-state index in [0.29, 0.717) is 41.1 Å². The number of hydrogen-bond acceptors (Lipinski definition) is 8. The summed E-state index contributed by atoms with van der Waals surface area (Å²) < 4.78 is 66.3. The molecule has 1 fully saturated rings. The third-order valence-corrected chi connectivity index (χ3v) is 7.50. The van der Waals surface area contributed by atoms with E-state index in [2.05, 4.69) is 30.4 Å². The van der Waals surface area contributed by atoms with E-state index >= 15 is 0 Å². The van der Waals surface area contributed by atoms with Gasteiger partial charge >= 0.3 is 6.18 Å². The lowest BCUT2D eigenvalue weighted by Gasteiger charge is -2.14. The van der Waals surface area contributed by atoms with Gasteiger partial charge in [0.2, 0.25) is 0 Å². The van der Waals surface area contributed by atoms with Crippen LogP contribution in [-0.2, 0) is 16.4 Å². The average Bonchev–Trinajstić information content (AvgIpc) is 3.41. The molecule has 0 spiro atoms. The van der Waals surface area contributed by atoms with E-state index in [1.54, 1.807) is 26.0 Å². The van der Waals surface area contributed by atoms with Crippen LogP contribution in [0.15, 0.2) is 36.9 Å². The van der Waals surface area contributed by atoms with Crippen molar-refractivity contribution < 1.29 is 21.6 Å². The van der Waals surface area contributed by atoms with Crippen molar-refractivity contribution in [2.75, 3.05) is 5.32 Å². The van der Waals surface area contributed by atoms with Crippen LogP contribution in [0.2, 0.25) is 0 Å². The van der Waals surface area contributed by atoms with Crippen molar-refractivity contribution in [2.45, 2.75) is 50.6 Å². The lowest BCUT2D eigenvalue weighted by molar-refractivity contribution is -0.129. The zero-order chi connectivity index (χ0) is 25.0. The van der Waals surface area contributed by atoms with E-state index in [4.69, 9.17) is 0 Å². The SMILES string of the molecule is CC(C)n1c(CC(F)(F)F)nc2cnc(Nc3ccnc(-c4cnn(S(=O)(=O)C5CC5)c4)n3)cc21.